The monoisotopic (exact) mass is 425 g/mol. The molecule has 2 fully saturated rings. The third kappa shape index (κ3) is 5.08. The first-order valence-corrected chi connectivity index (χ1v) is 10.5. The first-order chi connectivity index (χ1) is 12.2. The fourth-order valence-electron chi connectivity index (χ4n) is 3.76. The van der Waals surface area contributed by atoms with E-state index in [2.05, 4.69) is 66.3 Å². The Morgan fingerprint density at radius 3 is 2.23 bits per heavy atom. The minimum atomic E-state index is -0.614. The van der Waals surface area contributed by atoms with Gasteiger partial charge in [0.15, 0.2) is 5.79 Å². The zero-order valence-corrected chi connectivity index (χ0v) is 17.8. The number of ether oxygens (including phenoxy) is 2. The van der Waals surface area contributed by atoms with Crippen molar-refractivity contribution in [1.29, 1.82) is 0 Å². The average Bonchev–Trinajstić information content (AvgIpc) is 2.61. The van der Waals surface area contributed by atoms with Crippen LogP contribution in [0, 0.1) is 5.41 Å². The molecule has 5 heteroatoms. The quantitative estimate of drug-likeness (QED) is 0.725. The fraction of sp³-hybridized carbons (Fsp3) is 0.714. The Kier molecular flexibility index (Phi) is 6.15. The molecule has 1 aromatic rings. The molecule has 1 aromatic carbocycles. The Morgan fingerprint density at radius 2 is 1.65 bits per heavy atom. The molecule has 1 saturated heterocycles. The van der Waals surface area contributed by atoms with Crippen LogP contribution in [0.5, 0.6) is 0 Å². The maximum Gasteiger partial charge on any atom is 0.168 e. The zero-order chi connectivity index (χ0) is 18.8. The lowest BCUT2D eigenvalue weighted by atomic mass is 9.78. The second-order valence-corrected chi connectivity index (χ2v) is 9.77. The van der Waals surface area contributed by atoms with Gasteiger partial charge in [-0.25, -0.2) is 0 Å². The number of halogens is 1. The Bertz CT molecular complexity index is 582. The number of nitrogens with one attached hydrogen (secondary N) is 1. The van der Waals surface area contributed by atoms with Crippen molar-refractivity contribution in [3.8, 4) is 0 Å². The van der Waals surface area contributed by atoms with E-state index in [-0.39, 0.29) is 11.5 Å². The van der Waals surface area contributed by atoms with Gasteiger partial charge in [-0.3, -0.25) is 0 Å². The van der Waals surface area contributed by atoms with Crippen LogP contribution < -0.4 is 5.32 Å². The van der Waals surface area contributed by atoms with Crippen molar-refractivity contribution >= 4 is 15.9 Å². The van der Waals surface area contributed by atoms with Crippen molar-refractivity contribution in [2.75, 3.05) is 19.8 Å². The summed E-state index contributed by atoms with van der Waals surface area (Å²) in [5.41, 5.74) is 0.734. The normalized spacial score (nSPS) is 25.1. The minimum absolute atomic E-state index is 0.0894. The van der Waals surface area contributed by atoms with Crippen LogP contribution in [0.3, 0.4) is 0 Å². The van der Waals surface area contributed by atoms with Crippen molar-refractivity contribution in [3.63, 3.8) is 0 Å². The van der Waals surface area contributed by atoms with Gasteiger partial charge < -0.3 is 19.9 Å². The van der Waals surface area contributed by atoms with E-state index in [0.717, 1.165) is 56.3 Å². The summed E-state index contributed by atoms with van der Waals surface area (Å²) in [5.74, 6) is -0.458. The van der Waals surface area contributed by atoms with Gasteiger partial charge in [0.25, 0.3) is 0 Å². The standard InChI is InChI=1S/C21H32BrNO3/c1-16(17-4-6-18(22)7-5-17)23-13-12-20(24)8-10-21(11-9-20)25-14-19(2,3)15-26-21/h4-7,16,23-24H,8-15H2,1-3H3. The van der Waals surface area contributed by atoms with Crippen LogP contribution in [0.25, 0.3) is 0 Å². The van der Waals surface area contributed by atoms with E-state index < -0.39 is 11.4 Å². The largest absolute Gasteiger partial charge is 0.390 e. The van der Waals surface area contributed by atoms with E-state index in [1.165, 1.54) is 5.56 Å². The van der Waals surface area contributed by atoms with E-state index in [9.17, 15) is 5.11 Å². The first kappa shape index (κ1) is 20.3. The summed E-state index contributed by atoms with van der Waals surface area (Å²) in [6.45, 7) is 8.76. The Morgan fingerprint density at radius 1 is 1.08 bits per heavy atom. The van der Waals surface area contributed by atoms with Crippen molar-refractivity contribution in [2.45, 2.75) is 70.3 Å². The second kappa shape index (κ2) is 7.88. The molecule has 0 bridgehead atoms. The molecule has 1 aliphatic heterocycles. The van der Waals surface area contributed by atoms with Crippen molar-refractivity contribution in [1.82, 2.24) is 5.32 Å². The number of rotatable bonds is 5. The lowest BCUT2D eigenvalue weighted by molar-refractivity contribution is -0.319. The molecule has 146 valence electrons. The van der Waals surface area contributed by atoms with Crippen LogP contribution in [0.2, 0.25) is 0 Å². The van der Waals surface area contributed by atoms with E-state index in [4.69, 9.17) is 9.47 Å². The third-order valence-electron chi connectivity index (χ3n) is 5.81. The smallest absolute Gasteiger partial charge is 0.168 e. The molecular formula is C21H32BrNO3. The van der Waals surface area contributed by atoms with Gasteiger partial charge in [-0.2, -0.15) is 0 Å². The molecule has 2 N–H and O–H groups in total. The molecule has 4 nitrogen and oxygen atoms in total. The molecule has 1 heterocycles. The zero-order valence-electron chi connectivity index (χ0n) is 16.2. The maximum absolute atomic E-state index is 11.0. The van der Waals surface area contributed by atoms with Crippen LogP contribution in [0.4, 0.5) is 0 Å². The lowest BCUT2D eigenvalue weighted by Gasteiger charge is -2.48. The second-order valence-electron chi connectivity index (χ2n) is 8.85. The number of aliphatic hydroxyl groups is 1. The number of hydrogen-bond acceptors (Lipinski definition) is 4. The molecule has 1 unspecified atom stereocenters. The molecule has 1 aliphatic carbocycles. The van der Waals surface area contributed by atoms with Crippen molar-refractivity contribution < 1.29 is 14.6 Å². The Labute approximate surface area is 165 Å². The molecule has 0 radical (unpaired) electrons. The van der Waals surface area contributed by atoms with Gasteiger partial charge in [-0.1, -0.05) is 41.9 Å². The highest BCUT2D eigenvalue weighted by atomic mass is 79.9. The topological polar surface area (TPSA) is 50.7 Å². The van der Waals surface area contributed by atoms with Gasteiger partial charge in [-0.05, 0) is 50.4 Å². The highest BCUT2D eigenvalue weighted by molar-refractivity contribution is 9.10. The van der Waals surface area contributed by atoms with Crippen molar-refractivity contribution in [2.24, 2.45) is 5.41 Å². The average molecular weight is 426 g/mol. The molecule has 1 spiro atoms. The summed E-state index contributed by atoms with van der Waals surface area (Å²) in [6, 6.07) is 8.65. The molecule has 0 amide bonds. The molecular weight excluding hydrogens is 394 g/mol. The van der Waals surface area contributed by atoms with E-state index in [0.29, 0.717) is 0 Å². The van der Waals surface area contributed by atoms with Gasteiger partial charge in [0.1, 0.15) is 0 Å². The fourth-order valence-corrected chi connectivity index (χ4v) is 4.03. The molecule has 1 saturated carbocycles. The SMILES string of the molecule is CC(NCCC1(O)CCC2(CC1)OCC(C)(C)CO2)c1ccc(Br)cc1. The van der Waals surface area contributed by atoms with Gasteiger partial charge in [0, 0.05) is 28.8 Å². The summed E-state index contributed by atoms with van der Waals surface area (Å²) in [7, 11) is 0. The maximum atomic E-state index is 11.0. The van der Waals surface area contributed by atoms with Gasteiger partial charge in [0.05, 0.1) is 18.8 Å². The number of hydrogen-bond donors (Lipinski definition) is 2. The Hall–Kier alpha value is -0.460. The van der Waals surface area contributed by atoms with Gasteiger partial charge in [-0.15, -0.1) is 0 Å². The van der Waals surface area contributed by atoms with Crippen molar-refractivity contribution in [3.05, 3.63) is 34.3 Å². The van der Waals surface area contributed by atoms with Crippen LogP contribution >= 0.6 is 15.9 Å². The molecule has 26 heavy (non-hydrogen) atoms. The van der Waals surface area contributed by atoms with Crippen LogP contribution in [0.1, 0.15) is 64.5 Å². The summed E-state index contributed by atoms with van der Waals surface area (Å²) < 4.78 is 13.2. The van der Waals surface area contributed by atoms with Crippen LogP contribution in [-0.2, 0) is 9.47 Å². The predicted molar refractivity (Wildman–Crippen MR) is 107 cm³/mol. The summed E-state index contributed by atoms with van der Waals surface area (Å²) >= 11 is 3.47. The van der Waals surface area contributed by atoms with Crippen LogP contribution in [-0.4, -0.2) is 36.3 Å². The molecule has 3 rings (SSSR count). The first-order valence-electron chi connectivity index (χ1n) is 9.70. The summed E-state index contributed by atoms with van der Waals surface area (Å²) in [4.78, 5) is 0. The van der Waals surface area contributed by atoms with Gasteiger partial charge in [0.2, 0.25) is 0 Å². The van der Waals surface area contributed by atoms with Gasteiger partial charge >= 0.3 is 0 Å². The Balaban J connectivity index is 1.44. The predicted octanol–water partition coefficient (Wildman–Crippen LogP) is 4.56. The number of benzene rings is 1. The van der Waals surface area contributed by atoms with E-state index in [1.807, 2.05) is 0 Å². The summed E-state index contributed by atoms with van der Waals surface area (Å²) in [5, 5.41) is 14.5. The lowest BCUT2D eigenvalue weighted by Crippen LogP contribution is -2.52. The highest BCUT2D eigenvalue weighted by Gasteiger charge is 2.46. The van der Waals surface area contributed by atoms with E-state index in [1.54, 1.807) is 0 Å². The van der Waals surface area contributed by atoms with Crippen LogP contribution in [0.15, 0.2) is 28.7 Å². The minimum Gasteiger partial charge on any atom is -0.390 e. The molecule has 2 aliphatic rings. The molecule has 1 atom stereocenters. The molecule has 0 aromatic heterocycles. The highest BCUT2D eigenvalue weighted by Crippen LogP contribution is 2.43. The van der Waals surface area contributed by atoms with E-state index >= 15 is 0 Å². The third-order valence-corrected chi connectivity index (χ3v) is 6.33. The summed E-state index contributed by atoms with van der Waals surface area (Å²) in [6.07, 6.45) is 3.79.